The second kappa shape index (κ2) is 6.90. The van der Waals surface area contributed by atoms with Crippen LogP contribution in [0.5, 0.6) is 0 Å². The maximum atomic E-state index is 12.3. The highest BCUT2D eigenvalue weighted by molar-refractivity contribution is 6.39. The summed E-state index contributed by atoms with van der Waals surface area (Å²) in [5, 5.41) is 12.9. The molecule has 2 amide bonds. The maximum absolute atomic E-state index is 12.3. The van der Waals surface area contributed by atoms with E-state index in [1.165, 1.54) is 0 Å². The number of hydrogen-bond acceptors (Lipinski definition) is 3. The predicted octanol–water partition coefficient (Wildman–Crippen LogP) is 1.14. The Morgan fingerprint density at radius 3 is 2.20 bits per heavy atom. The van der Waals surface area contributed by atoms with E-state index in [-0.39, 0.29) is 18.8 Å². The molecule has 1 rings (SSSR count). The van der Waals surface area contributed by atoms with Crippen molar-refractivity contribution in [2.45, 2.75) is 12.6 Å². The normalized spacial score (nSPS) is 11.0. The molecule has 0 spiro atoms. The number of benzene rings is 1. The van der Waals surface area contributed by atoms with Crippen molar-refractivity contribution in [2.24, 2.45) is 0 Å². The molecular formula is C12H13F3N2O3. The Balaban J connectivity index is 2.56. The van der Waals surface area contributed by atoms with Crippen LogP contribution in [0.2, 0.25) is 0 Å². The maximum Gasteiger partial charge on any atom is 0.416 e. The minimum atomic E-state index is -4.45. The van der Waals surface area contributed by atoms with Crippen LogP contribution in [0.3, 0.4) is 0 Å². The molecule has 0 aliphatic carbocycles. The van der Waals surface area contributed by atoms with Crippen LogP contribution < -0.4 is 10.6 Å². The summed E-state index contributed by atoms with van der Waals surface area (Å²) >= 11 is 0. The molecule has 3 N–H and O–H groups in total. The molecule has 0 aliphatic rings. The van der Waals surface area contributed by atoms with Crippen LogP contribution in [0.15, 0.2) is 24.3 Å². The van der Waals surface area contributed by atoms with Gasteiger partial charge in [-0.25, -0.2) is 0 Å². The summed E-state index contributed by atoms with van der Waals surface area (Å²) in [6, 6.07) is 3.72. The number of carbonyl (C=O) groups excluding carboxylic acids is 2. The van der Waals surface area contributed by atoms with Gasteiger partial charge in [-0.1, -0.05) is 0 Å². The van der Waals surface area contributed by atoms with Gasteiger partial charge < -0.3 is 15.7 Å². The summed E-state index contributed by atoms with van der Waals surface area (Å²) in [5.41, 5.74) is -0.761. The SMILES string of the molecule is O=C(NCCCO)C(=O)Nc1ccc(C(F)(F)F)cc1. The predicted molar refractivity (Wildman–Crippen MR) is 64.8 cm³/mol. The van der Waals surface area contributed by atoms with Gasteiger partial charge >= 0.3 is 18.0 Å². The highest BCUT2D eigenvalue weighted by atomic mass is 19.4. The number of hydrogen-bond donors (Lipinski definition) is 3. The molecule has 0 unspecified atom stereocenters. The van der Waals surface area contributed by atoms with Crippen LogP contribution in [-0.4, -0.2) is 30.1 Å². The van der Waals surface area contributed by atoms with Crippen molar-refractivity contribution in [2.75, 3.05) is 18.5 Å². The lowest BCUT2D eigenvalue weighted by Crippen LogP contribution is -2.36. The van der Waals surface area contributed by atoms with E-state index in [2.05, 4.69) is 10.6 Å². The first-order chi connectivity index (χ1) is 9.34. The summed E-state index contributed by atoms with van der Waals surface area (Å²) in [6.45, 7) is 0.0105. The lowest BCUT2D eigenvalue weighted by Gasteiger charge is -2.08. The van der Waals surface area contributed by atoms with Crippen molar-refractivity contribution in [1.82, 2.24) is 5.32 Å². The first-order valence-corrected chi connectivity index (χ1v) is 5.72. The zero-order valence-corrected chi connectivity index (χ0v) is 10.3. The molecule has 0 aromatic heterocycles. The van der Waals surface area contributed by atoms with Gasteiger partial charge in [0, 0.05) is 18.8 Å². The number of rotatable bonds is 4. The second-order valence-electron chi connectivity index (χ2n) is 3.86. The van der Waals surface area contributed by atoms with Crippen LogP contribution in [0.4, 0.5) is 18.9 Å². The molecule has 0 saturated heterocycles. The molecule has 8 heteroatoms. The van der Waals surface area contributed by atoms with E-state index < -0.39 is 23.6 Å². The lowest BCUT2D eigenvalue weighted by molar-refractivity contribution is -0.137. The van der Waals surface area contributed by atoms with Gasteiger partial charge in [0.05, 0.1) is 5.56 Å². The first-order valence-electron chi connectivity index (χ1n) is 5.72. The summed E-state index contributed by atoms with van der Waals surface area (Å²) in [5.74, 6) is -1.90. The van der Waals surface area contributed by atoms with Crippen molar-refractivity contribution >= 4 is 17.5 Å². The number of carbonyl (C=O) groups is 2. The fourth-order valence-electron chi connectivity index (χ4n) is 1.29. The van der Waals surface area contributed by atoms with Crippen molar-refractivity contribution in [1.29, 1.82) is 0 Å². The van der Waals surface area contributed by atoms with Crippen LogP contribution in [0.1, 0.15) is 12.0 Å². The lowest BCUT2D eigenvalue weighted by atomic mass is 10.2. The van der Waals surface area contributed by atoms with Crippen molar-refractivity contribution in [3.05, 3.63) is 29.8 Å². The first kappa shape index (κ1) is 16.0. The van der Waals surface area contributed by atoms with Gasteiger partial charge in [-0.3, -0.25) is 9.59 Å². The van der Waals surface area contributed by atoms with Gasteiger partial charge in [-0.15, -0.1) is 0 Å². The van der Waals surface area contributed by atoms with Crippen LogP contribution in [-0.2, 0) is 15.8 Å². The van der Waals surface area contributed by atoms with Gasteiger partial charge in [0.25, 0.3) is 0 Å². The van der Waals surface area contributed by atoms with Crippen molar-refractivity contribution in [3.8, 4) is 0 Å². The molecule has 0 radical (unpaired) electrons. The molecule has 0 heterocycles. The quantitative estimate of drug-likeness (QED) is 0.575. The van der Waals surface area contributed by atoms with Crippen molar-refractivity contribution < 1.29 is 27.9 Å². The Hall–Kier alpha value is -2.09. The second-order valence-corrected chi connectivity index (χ2v) is 3.86. The molecule has 5 nitrogen and oxygen atoms in total. The molecular weight excluding hydrogens is 277 g/mol. The number of halogens is 3. The van der Waals surface area contributed by atoms with Gasteiger partial charge in [0.15, 0.2) is 0 Å². The minimum Gasteiger partial charge on any atom is -0.396 e. The molecule has 0 aliphatic heterocycles. The molecule has 1 aromatic carbocycles. The Kier molecular flexibility index (Phi) is 5.51. The molecule has 0 fully saturated rings. The van der Waals surface area contributed by atoms with Gasteiger partial charge in [-0.05, 0) is 30.7 Å². The Bertz CT molecular complexity index is 472. The fourth-order valence-corrected chi connectivity index (χ4v) is 1.29. The van der Waals surface area contributed by atoms with Gasteiger partial charge in [-0.2, -0.15) is 13.2 Å². The van der Waals surface area contributed by atoms with E-state index in [9.17, 15) is 22.8 Å². The third-order valence-electron chi connectivity index (χ3n) is 2.30. The standard InChI is InChI=1S/C12H13F3N2O3/c13-12(14,15)8-2-4-9(5-3-8)17-11(20)10(19)16-6-1-7-18/h2-5,18H,1,6-7H2,(H,16,19)(H,17,20). The van der Waals surface area contributed by atoms with Crippen LogP contribution in [0, 0.1) is 0 Å². The topological polar surface area (TPSA) is 78.4 Å². The zero-order valence-electron chi connectivity index (χ0n) is 10.3. The number of alkyl halides is 3. The molecule has 0 atom stereocenters. The smallest absolute Gasteiger partial charge is 0.396 e. The van der Waals surface area contributed by atoms with E-state index in [0.717, 1.165) is 24.3 Å². The molecule has 0 saturated carbocycles. The Morgan fingerprint density at radius 2 is 1.70 bits per heavy atom. The summed E-state index contributed by atoms with van der Waals surface area (Å²) < 4.78 is 36.9. The Labute approximate surface area is 112 Å². The van der Waals surface area contributed by atoms with Gasteiger partial charge in [0.2, 0.25) is 0 Å². The number of anilines is 1. The van der Waals surface area contributed by atoms with E-state index in [4.69, 9.17) is 5.11 Å². The zero-order chi connectivity index (χ0) is 15.2. The molecule has 0 bridgehead atoms. The number of aliphatic hydroxyl groups excluding tert-OH is 1. The van der Waals surface area contributed by atoms with E-state index in [1.807, 2.05) is 0 Å². The van der Waals surface area contributed by atoms with E-state index in [1.54, 1.807) is 0 Å². The fraction of sp³-hybridized carbons (Fsp3) is 0.333. The largest absolute Gasteiger partial charge is 0.416 e. The average Bonchev–Trinajstić information content (AvgIpc) is 2.38. The van der Waals surface area contributed by atoms with Crippen LogP contribution in [0.25, 0.3) is 0 Å². The number of nitrogens with one attached hydrogen (secondary N) is 2. The third kappa shape index (κ3) is 4.88. The molecule has 20 heavy (non-hydrogen) atoms. The van der Waals surface area contributed by atoms with Crippen LogP contribution >= 0.6 is 0 Å². The number of aliphatic hydroxyl groups is 1. The Morgan fingerprint density at radius 1 is 1.10 bits per heavy atom. The van der Waals surface area contributed by atoms with E-state index in [0.29, 0.717) is 6.42 Å². The van der Waals surface area contributed by atoms with E-state index >= 15 is 0 Å². The summed E-state index contributed by atoms with van der Waals surface area (Å²) in [6.07, 6.45) is -4.15. The monoisotopic (exact) mass is 290 g/mol. The summed E-state index contributed by atoms with van der Waals surface area (Å²) in [4.78, 5) is 22.6. The third-order valence-corrected chi connectivity index (χ3v) is 2.30. The highest BCUT2D eigenvalue weighted by Gasteiger charge is 2.30. The van der Waals surface area contributed by atoms with Crippen molar-refractivity contribution in [3.63, 3.8) is 0 Å². The summed E-state index contributed by atoms with van der Waals surface area (Å²) in [7, 11) is 0. The molecule has 110 valence electrons. The average molecular weight is 290 g/mol. The minimum absolute atomic E-state index is 0.0836. The highest BCUT2D eigenvalue weighted by Crippen LogP contribution is 2.29. The van der Waals surface area contributed by atoms with Gasteiger partial charge in [0.1, 0.15) is 0 Å². The number of amides is 2. The molecule has 1 aromatic rings.